The smallest absolute Gasteiger partial charge is 0.407 e. The summed E-state index contributed by atoms with van der Waals surface area (Å²) in [4.78, 5) is 65.8. The van der Waals surface area contributed by atoms with Gasteiger partial charge in [0.1, 0.15) is 29.3 Å². The normalized spacial score (nSPS) is 14.2. The van der Waals surface area contributed by atoms with Crippen molar-refractivity contribution in [3.63, 3.8) is 0 Å². The number of nitrogens with one attached hydrogen (secondary N) is 3. The van der Waals surface area contributed by atoms with Crippen molar-refractivity contribution in [1.29, 1.82) is 0 Å². The highest BCUT2D eigenvalue weighted by Gasteiger charge is 2.28. The molecule has 0 saturated heterocycles. The number of ether oxygens (including phenoxy) is 2. The maximum Gasteiger partial charge on any atom is 0.407 e. The standard InChI is InChI=1S/C30H27N5O5.C11H24N2O2.ClH/c1-16-21(17(2)36)4-5-23-22(16)6-7-24(23)34-30(39)26-13-25(33-28-9-10-32-35(26)28)29(38)31-14-18-3-8-27-19(11-18)12-20(37)15-40-27;1-11(2,3)15-10(14)13-9-7-5-4-6-8-12;/h3-5,8-11,13,24H,6-7,12,14-15H2,1-2H3,(H,31,38)(H,34,39);4-9,12H2,1-3H3,(H,13,14);1H/t24-;;/m0../s1. The van der Waals surface area contributed by atoms with Gasteiger partial charge in [-0.3, -0.25) is 19.2 Å². The molecule has 56 heavy (non-hydrogen) atoms. The summed E-state index contributed by atoms with van der Waals surface area (Å²) in [7, 11) is 0. The Morgan fingerprint density at radius 1 is 1.00 bits per heavy atom. The van der Waals surface area contributed by atoms with Crippen LogP contribution in [0.5, 0.6) is 5.75 Å². The summed E-state index contributed by atoms with van der Waals surface area (Å²) >= 11 is 0. The predicted octanol–water partition coefficient (Wildman–Crippen LogP) is 5.54. The van der Waals surface area contributed by atoms with Gasteiger partial charge >= 0.3 is 6.09 Å². The molecule has 0 saturated carbocycles. The second-order valence-corrected chi connectivity index (χ2v) is 14.8. The fourth-order valence-corrected chi connectivity index (χ4v) is 6.68. The Hall–Kier alpha value is -5.34. The number of nitrogens with zero attached hydrogens (tertiary/aromatic N) is 3. The van der Waals surface area contributed by atoms with Crippen LogP contribution in [0.1, 0.15) is 125 Å². The molecular weight excluding hydrogens is 738 g/mol. The van der Waals surface area contributed by atoms with Crippen molar-refractivity contribution in [3.8, 4) is 5.75 Å². The Morgan fingerprint density at radius 2 is 1.77 bits per heavy atom. The van der Waals surface area contributed by atoms with E-state index in [1.54, 1.807) is 19.1 Å². The fourth-order valence-electron chi connectivity index (χ4n) is 6.68. The highest BCUT2D eigenvalue weighted by atomic mass is 35.5. The van der Waals surface area contributed by atoms with Crippen molar-refractivity contribution >= 4 is 47.5 Å². The van der Waals surface area contributed by atoms with Crippen LogP contribution in [0.2, 0.25) is 0 Å². The van der Waals surface area contributed by atoms with Crippen LogP contribution in [0.25, 0.3) is 5.65 Å². The maximum atomic E-state index is 13.5. The van der Waals surface area contributed by atoms with Crippen LogP contribution in [-0.4, -0.2) is 69.4 Å². The highest BCUT2D eigenvalue weighted by molar-refractivity contribution is 5.99. The molecular formula is C41H52ClN7O7. The lowest BCUT2D eigenvalue weighted by molar-refractivity contribution is -0.121. The molecule has 1 aliphatic carbocycles. The van der Waals surface area contributed by atoms with Gasteiger partial charge in [-0.1, -0.05) is 31.0 Å². The van der Waals surface area contributed by atoms with E-state index in [-0.39, 0.29) is 66.6 Å². The third kappa shape index (κ3) is 11.4. The number of halogens is 1. The van der Waals surface area contributed by atoms with Gasteiger partial charge in [0.15, 0.2) is 17.2 Å². The number of ketones is 2. The average Bonchev–Trinajstić information content (AvgIpc) is 3.78. The van der Waals surface area contributed by atoms with E-state index < -0.39 is 11.5 Å². The molecule has 2 aromatic carbocycles. The van der Waals surface area contributed by atoms with Gasteiger partial charge in [-0.15, -0.1) is 12.4 Å². The largest absolute Gasteiger partial charge is 0.486 e. The fraction of sp³-hybridized carbons (Fsp3) is 0.439. The topological polar surface area (TPSA) is 196 Å². The molecule has 3 heterocycles. The summed E-state index contributed by atoms with van der Waals surface area (Å²) in [5, 5.41) is 12.9. The van der Waals surface area contributed by atoms with Gasteiger partial charge in [0, 0.05) is 42.8 Å². The minimum atomic E-state index is -0.443. The molecule has 1 atom stereocenters. The summed E-state index contributed by atoms with van der Waals surface area (Å²) in [6.45, 7) is 10.8. The molecule has 14 nitrogen and oxygen atoms in total. The lowest BCUT2D eigenvalue weighted by Gasteiger charge is -2.19. The van der Waals surface area contributed by atoms with Crippen LogP contribution in [0.4, 0.5) is 4.79 Å². The lowest BCUT2D eigenvalue weighted by Crippen LogP contribution is -2.32. The molecule has 2 aromatic heterocycles. The third-order valence-electron chi connectivity index (χ3n) is 9.36. The molecule has 6 rings (SSSR count). The number of hydrogen-bond donors (Lipinski definition) is 4. The van der Waals surface area contributed by atoms with Crippen molar-refractivity contribution in [1.82, 2.24) is 30.5 Å². The first-order valence-corrected chi connectivity index (χ1v) is 18.7. The van der Waals surface area contributed by atoms with E-state index in [1.807, 2.05) is 52.0 Å². The Bertz CT molecular complexity index is 2070. The van der Waals surface area contributed by atoms with Gasteiger partial charge in [0.25, 0.3) is 11.8 Å². The van der Waals surface area contributed by atoms with Crippen molar-refractivity contribution in [2.75, 3.05) is 19.7 Å². The summed E-state index contributed by atoms with van der Waals surface area (Å²) in [6.07, 6.45) is 7.25. The van der Waals surface area contributed by atoms with Gasteiger partial charge in [0.05, 0.1) is 12.2 Å². The van der Waals surface area contributed by atoms with Crippen LogP contribution >= 0.6 is 12.4 Å². The molecule has 5 N–H and O–H groups in total. The molecule has 4 aromatic rings. The zero-order chi connectivity index (χ0) is 39.7. The number of aromatic nitrogens is 3. The second kappa shape index (κ2) is 19.5. The van der Waals surface area contributed by atoms with E-state index in [1.165, 1.54) is 16.8 Å². The second-order valence-electron chi connectivity index (χ2n) is 14.8. The Morgan fingerprint density at radius 3 is 2.50 bits per heavy atom. The lowest BCUT2D eigenvalue weighted by atomic mass is 9.96. The molecule has 0 bridgehead atoms. The molecule has 0 radical (unpaired) electrons. The molecule has 1 aliphatic heterocycles. The molecule has 0 unspecified atom stereocenters. The van der Waals surface area contributed by atoms with E-state index >= 15 is 0 Å². The van der Waals surface area contributed by atoms with E-state index in [0.29, 0.717) is 36.3 Å². The molecule has 300 valence electrons. The van der Waals surface area contributed by atoms with Crippen molar-refractivity contribution in [2.24, 2.45) is 5.73 Å². The summed E-state index contributed by atoms with van der Waals surface area (Å²) in [5.74, 6) is -0.114. The first kappa shape index (κ1) is 43.4. The number of amides is 3. The van der Waals surface area contributed by atoms with Gasteiger partial charge in [-0.2, -0.15) is 5.10 Å². The van der Waals surface area contributed by atoms with E-state index in [0.717, 1.165) is 66.5 Å². The number of rotatable bonds is 12. The van der Waals surface area contributed by atoms with Crippen molar-refractivity contribution < 1.29 is 33.4 Å². The quantitative estimate of drug-likeness (QED) is 0.104. The van der Waals surface area contributed by atoms with Crippen LogP contribution in [0.3, 0.4) is 0 Å². The van der Waals surface area contributed by atoms with Crippen LogP contribution < -0.4 is 26.4 Å². The van der Waals surface area contributed by atoms with Gasteiger partial charge < -0.3 is 31.2 Å². The number of nitrogens with two attached hydrogens (primary N) is 1. The zero-order valence-electron chi connectivity index (χ0n) is 32.7. The van der Waals surface area contributed by atoms with Gasteiger partial charge in [-0.25, -0.2) is 14.3 Å². The predicted molar refractivity (Wildman–Crippen MR) is 214 cm³/mol. The highest BCUT2D eigenvalue weighted by Crippen LogP contribution is 2.35. The Labute approximate surface area is 333 Å². The number of alkyl carbamates (subject to hydrolysis) is 1. The van der Waals surface area contributed by atoms with Crippen molar-refractivity contribution in [3.05, 3.63) is 93.4 Å². The minimum Gasteiger partial charge on any atom is -0.486 e. The Kier molecular flexibility index (Phi) is 15.1. The third-order valence-corrected chi connectivity index (χ3v) is 9.36. The first-order chi connectivity index (χ1) is 26.2. The minimum absolute atomic E-state index is 0. The number of unbranched alkanes of at least 4 members (excludes halogenated alkanes) is 3. The number of benzene rings is 2. The average molecular weight is 790 g/mol. The molecule has 0 spiro atoms. The number of hydrogen-bond acceptors (Lipinski definition) is 10. The monoisotopic (exact) mass is 789 g/mol. The molecule has 0 fully saturated rings. The molecule has 3 amide bonds. The van der Waals surface area contributed by atoms with Crippen LogP contribution in [0, 0.1) is 6.92 Å². The Balaban J connectivity index is 0.000000372. The number of fused-ring (bicyclic) bond motifs is 3. The van der Waals surface area contributed by atoms with Gasteiger partial charge in [-0.05, 0) is 101 Å². The molecule has 2 aliphatic rings. The van der Waals surface area contributed by atoms with E-state index in [2.05, 4.69) is 26.0 Å². The van der Waals surface area contributed by atoms with Crippen molar-refractivity contribution in [2.45, 2.75) is 97.8 Å². The first-order valence-electron chi connectivity index (χ1n) is 18.7. The SMILES string of the molecule is CC(=O)c1ccc2c(c1C)CC[C@@H]2NC(=O)c1cc(C(=O)NCc2ccc3c(c2)CC(=O)CO3)nc2ccnn12.CC(C)(C)OC(=O)NCCCCCCN.Cl. The zero-order valence-corrected chi connectivity index (χ0v) is 33.5. The maximum absolute atomic E-state index is 13.5. The van der Waals surface area contributed by atoms with E-state index in [9.17, 15) is 24.0 Å². The number of carbonyl (C=O) groups excluding carboxylic acids is 5. The van der Waals surface area contributed by atoms with Gasteiger partial charge in [0.2, 0.25) is 0 Å². The summed E-state index contributed by atoms with van der Waals surface area (Å²) < 4.78 is 11.9. The summed E-state index contributed by atoms with van der Waals surface area (Å²) in [5.41, 5.74) is 11.0. The summed E-state index contributed by atoms with van der Waals surface area (Å²) in [6, 6.07) is 12.0. The van der Waals surface area contributed by atoms with Crippen LogP contribution in [0.15, 0.2) is 48.7 Å². The number of Topliss-reactive ketones (excluding diaryl/α,β-unsaturated/α-hetero) is 2. The molecule has 15 heteroatoms. The van der Waals surface area contributed by atoms with Crippen LogP contribution in [-0.2, 0) is 28.9 Å². The van der Waals surface area contributed by atoms with E-state index in [4.69, 9.17) is 15.2 Å². The number of carbonyl (C=O) groups is 5.